The quantitative estimate of drug-likeness (QED) is 0.446. The van der Waals surface area contributed by atoms with Crippen molar-refractivity contribution in [2.24, 2.45) is 0 Å². The van der Waals surface area contributed by atoms with E-state index >= 15 is 0 Å². The molecule has 31 heavy (non-hydrogen) atoms. The Balaban J connectivity index is 2.15. The van der Waals surface area contributed by atoms with E-state index in [2.05, 4.69) is 20.3 Å². The molecule has 0 bridgehead atoms. The maximum Gasteiger partial charge on any atom is 0.328 e. The lowest BCUT2D eigenvalue weighted by Gasteiger charge is -2.13. The van der Waals surface area contributed by atoms with Gasteiger partial charge in [-0.1, -0.05) is 12.1 Å². The molecule has 4 N–H and O–H groups in total. The predicted octanol–water partition coefficient (Wildman–Crippen LogP) is 2.76. The molecule has 0 unspecified atom stereocenters. The number of amides is 1. The predicted molar refractivity (Wildman–Crippen MR) is 113 cm³/mol. The first-order chi connectivity index (χ1) is 14.8. The molecule has 1 aromatic heterocycles. The van der Waals surface area contributed by atoms with E-state index in [1.165, 1.54) is 20.1 Å². The second-order valence-corrected chi connectivity index (χ2v) is 6.92. The third kappa shape index (κ3) is 4.30. The number of phenolic OH excluding ortho intramolecular Hbond substituents is 2. The summed E-state index contributed by atoms with van der Waals surface area (Å²) in [6, 6.07) is 8.87. The minimum atomic E-state index is -0.878. The number of aryl methyl sites for hydroxylation is 1. The molecule has 0 fully saturated rings. The fraction of sp³-hybridized carbons (Fsp3) is 0.227. The van der Waals surface area contributed by atoms with E-state index in [1.54, 1.807) is 44.4 Å². The number of phenols is 2. The molecule has 0 aliphatic carbocycles. The van der Waals surface area contributed by atoms with Gasteiger partial charge in [0.15, 0.2) is 0 Å². The Kier molecular flexibility index (Phi) is 6.15. The average Bonchev–Trinajstić information content (AvgIpc) is 3.20. The van der Waals surface area contributed by atoms with Crippen LogP contribution in [0.3, 0.4) is 0 Å². The van der Waals surface area contributed by atoms with E-state index < -0.39 is 17.9 Å². The van der Waals surface area contributed by atoms with E-state index in [4.69, 9.17) is 4.74 Å². The van der Waals surface area contributed by atoms with Crippen LogP contribution in [0.1, 0.15) is 23.0 Å². The van der Waals surface area contributed by atoms with Gasteiger partial charge in [0, 0.05) is 17.2 Å². The molecule has 3 rings (SSSR count). The lowest BCUT2D eigenvalue weighted by Crippen LogP contribution is -2.39. The number of carbonyl (C=O) groups is 2. The number of aromatic amines is 1. The van der Waals surface area contributed by atoms with Gasteiger partial charge < -0.3 is 25.0 Å². The number of methoxy groups -OCH3 is 2. The van der Waals surface area contributed by atoms with Crippen molar-refractivity contribution >= 4 is 11.9 Å². The van der Waals surface area contributed by atoms with E-state index in [-0.39, 0.29) is 17.2 Å². The second kappa shape index (κ2) is 8.78. The topological polar surface area (TPSA) is 134 Å². The molecule has 1 heterocycles. The van der Waals surface area contributed by atoms with E-state index in [0.29, 0.717) is 33.7 Å². The van der Waals surface area contributed by atoms with Crippen LogP contribution in [0.15, 0.2) is 36.4 Å². The molecule has 3 aromatic rings. The highest BCUT2D eigenvalue weighted by atomic mass is 16.5. The van der Waals surface area contributed by atoms with Crippen LogP contribution in [-0.2, 0) is 9.53 Å². The zero-order valence-corrected chi connectivity index (χ0v) is 17.5. The van der Waals surface area contributed by atoms with Crippen molar-refractivity contribution in [3.05, 3.63) is 47.7 Å². The van der Waals surface area contributed by atoms with Gasteiger partial charge in [-0.15, -0.1) is 0 Å². The SMILES string of the molecule is COC(=O)[C@@H](C)NC(=O)c1[nH]nc(-c2cc(C)c(O)cc2O)c1-c1ccc(OC)cc1. The third-order valence-electron chi connectivity index (χ3n) is 4.84. The lowest BCUT2D eigenvalue weighted by molar-refractivity contribution is -0.142. The maximum absolute atomic E-state index is 12.9. The number of hydrogen-bond donors (Lipinski definition) is 4. The summed E-state index contributed by atoms with van der Waals surface area (Å²) in [6.07, 6.45) is 0. The summed E-state index contributed by atoms with van der Waals surface area (Å²) in [7, 11) is 2.78. The molecular weight excluding hydrogens is 402 g/mol. The molecular formula is C22H23N3O6. The smallest absolute Gasteiger partial charge is 0.328 e. The Labute approximate surface area is 178 Å². The number of carbonyl (C=O) groups excluding carboxylic acids is 2. The summed E-state index contributed by atoms with van der Waals surface area (Å²) in [5, 5.41) is 29.8. The van der Waals surface area contributed by atoms with Gasteiger partial charge >= 0.3 is 5.97 Å². The van der Waals surface area contributed by atoms with Gasteiger partial charge in [0.25, 0.3) is 5.91 Å². The number of esters is 1. The van der Waals surface area contributed by atoms with Crippen molar-refractivity contribution in [2.45, 2.75) is 19.9 Å². The van der Waals surface area contributed by atoms with Crippen molar-refractivity contribution < 1.29 is 29.3 Å². The molecule has 0 spiro atoms. The van der Waals surface area contributed by atoms with Gasteiger partial charge in [-0.3, -0.25) is 9.89 Å². The Bertz CT molecular complexity index is 1120. The molecule has 0 radical (unpaired) electrons. The maximum atomic E-state index is 12.9. The Morgan fingerprint density at radius 1 is 1.10 bits per heavy atom. The van der Waals surface area contributed by atoms with Crippen LogP contribution < -0.4 is 10.1 Å². The van der Waals surface area contributed by atoms with E-state index in [9.17, 15) is 19.8 Å². The summed E-state index contributed by atoms with van der Waals surface area (Å²) in [5.41, 5.74) is 2.31. The molecule has 9 heteroatoms. The van der Waals surface area contributed by atoms with Crippen LogP contribution in [0.4, 0.5) is 0 Å². The molecule has 0 saturated carbocycles. The number of nitrogens with one attached hydrogen (secondary N) is 2. The van der Waals surface area contributed by atoms with Crippen molar-refractivity contribution in [1.29, 1.82) is 0 Å². The fourth-order valence-electron chi connectivity index (χ4n) is 3.12. The molecule has 9 nitrogen and oxygen atoms in total. The fourth-order valence-corrected chi connectivity index (χ4v) is 3.12. The molecule has 0 aliphatic heterocycles. The second-order valence-electron chi connectivity index (χ2n) is 6.92. The van der Waals surface area contributed by atoms with Gasteiger partial charge in [0.05, 0.1) is 14.2 Å². The van der Waals surface area contributed by atoms with Gasteiger partial charge in [-0.05, 0) is 43.2 Å². The van der Waals surface area contributed by atoms with Crippen LogP contribution in [-0.4, -0.2) is 52.5 Å². The number of ether oxygens (including phenoxy) is 2. The van der Waals surface area contributed by atoms with Crippen LogP contribution in [0, 0.1) is 6.92 Å². The molecule has 0 aliphatic rings. The molecule has 1 atom stereocenters. The molecule has 2 aromatic carbocycles. The first kappa shape index (κ1) is 21.7. The largest absolute Gasteiger partial charge is 0.508 e. The monoisotopic (exact) mass is 425 g/mol. The minimum absolute atomic E-state index is 0.0624. The summed E-state index contributed by atoms with van der Waals surface area (Å²) < 4.78 is 9.85. The summed E-state index contributed by atoms with van der Waals surface area (Å²) in [6.45, 7) is 3.19. The standard InChI is InChI=1S/C22H23N3O6/c1-11-9-15(17(27)10-16(11)26)19-18(13-5-7-14(30-3)8-6-13)20(25-24-19)21(28)23-12(2)22(29)31-4/h5-10,12,26-27H,1-4H3,(H,23,28)(H,24,25)/t12-/m1/s1. The van der Waals surface area contributed by atoms with Crippen LogP contribution in [0.5, 0.6) is 17.2 Å². The van der Waals surface area contributed by atoms with Crippen molar-refractivity contribution in [3.8, 4) is 39.6 Å². The number of aromatic nitrogens is 2. The average molecular weight is 425 g/mol. The van der Waals surface area contributed by atoms with Crippen molar-refractivity contribution in [2.75, 3.05) is 14.2 Å². The highest BCUT2D eigenvalue weighted by Crippen LogP contribution is 2.40. The zero-order valence-electron chi connectivity index (χ0n) is 17.5. The van der Waals surface area contributed by atoms with Gasteiger partial charge in [0.1, 0.15) is 34.7 Å². The number of benzene rings is 2. The van der Waals surface area contributed by atoms with Gasteiger partial charge in [-0.2, -0.15) is 5.10 Å². The molecule has 0 saturated heterocycles. The third-order valence-corrected chi connectivity index (χ3v) is 4.84. The van der Waals surface area contributed by atoms with E-state index in [0.717, 1.165) is 0 Å². The Morgan fingerprint density at radius 2 is 1.77 bits per heavy atom. The molecule has 162 valence electrons. The highest BCUT2D eigenvalue weighted by Gasteiger charge is 2.26. The molecule has 1 amide bonds. The first-order valence-corrected chi connectivity index (χ1v) is 9.41. The number of H-pyrrole nitrogens is 1. The highest BCUT2D eigenvalue weighted by molar-refractivity contribution is 6.04. The van der Waals surface area contributed by atoms with Gasteiger partial charge in [-0.25, -0.2) is 4.79 Å². The number of aromatic hydroxyl groups is 2. The van der Waals surface area contributed by atoms with Crippen LogP contribution in [0.25, 0.3) is 22.4 Å². The minimum Gasteiger partial charge on any atom is -0.508 e. The number of rotatable bonds is 6. The Morgan fingerprint density at radius 3 is 2.39 bits per heavy atom. The van der Waals surface area contributed by atoms with Gasteiger partial charge in [0.2, 0.25) is 0 Å². The first-order valence-electron chi connectivity index (χ1n) is 9.41. The number of nitrogens with zero attached hydrogens (tertiary/aromatic N) is 1. The van der Waals surface area contributed by atoms with E-state index in [1.807, 2.05) is 0 Å². The van der Waals surface area contributed by atoms with Crippen molar-refractivity contribution in [3.63, 3.8) is 0 Å². The summed E-state index contributed by atoms with van der Waals surface area (Å²) >= 11 is 0. The van der Waals surface area contributed by atoms with Crippen LogP contribution >= 0.6 is 0 Å². The normalized spacial score (nSPS) is 11.6. The van der Waals surface area contributed by atoms with Crippen LogP contribution in [0.2, 0.25) is 0 Å². The lowest BCUT2D eigenvalue weighted by atomic mass is 9.96. The van der Waals surface area contributed by atoms with Crippen molar-refractivity contribution in [1.82, 2.24) is 15.5 Å². The number of hydrogen-bond acceptors (Lipinski definition) is 7. The zero-order chi connectivity index (χ0) is 22.7. The summed E-state index contributed by atoms with van der Waals surface area (Å²) in [4.78, 5) is 24.6. The Hall–Kier alpha value is -4.01. The summed E-state index contributed by atoms with van der Waals surface area (Å²) in [5.74, 6) is -0.794.